The highest BCUT2D eigenvalue weighted by atomic mass is 127. The fourth-order valence-electron chi connectivity index (χ4n) is 7.10. The van der Waals surface area contributed by atoms with Crippen molar-refractivity contribution in [2.24, 2.45) is 17.8 Å². The van der Waals surface area contributed by atoms with E-state index in [4.69, 9.17) is 0 Å². The molecule has 3 aliphatic rings. The average molecular weight is 672 g/mol. The molecular formula is C33H46IN5O2. The molecule has 1 aliphatic carbocycles. The topological polar surface area (TPSA) is 68.8 Å². The molecule has 2 aliphatic heterocycles. The summed E-state index contributed by atoms with van der Waals surface area (Å²) in [6, 6.07) is 8.40. The Morgan fingerprint density at radius 1 is 1.00 bits per heavy atom. The summed E-state index contributed by atoms with van der Waals surface area (Å²) in [5.41, 5.74) is 6.16. The molecule has 7 nitrogen and oxygen atoms in total. The standard InChI is InChI=1S/C33H46IN5O2/c1-23-10-11-30(16-27(23)17-34)39(33(41)36-18-26-8-5-4-6-9-26)15-7-14-37-19-28-21-38(22-29(28)20-37)32(40)31-24(2)12-13-35-25(31)3/h10-13,16,26,28-29H,4-9,14-15,17-22H2,1-3H3,(H,36,41). The van der Waals surface area contributed by atoms with Gasteiger partial charge in [0.2, 0.25) is 0 Å². The van der Waals surface area contributed by atoms with Gasteiger partial charge in [-0.25, -0.2) is 4.79 Å². The highest BCUT2D eigenvalue weighted by Crippen LogP contribution is 2.33. The number of nitrogens with zero attached hydrogens (tertiary/aromatic N) is 4. The third kappa shape index (κ3) is 7.24. The zero-order valence-electron chi connectivity index (χ0n) is 25.0. The molecule has 2 unspecified atom stereocenters. The van der Waals surface area contributed by atoms with Crippen LogP contribution in [0.4, 0.5) is 10.5 Å². The largest absolute Gasteiger partial charge is 0.338 e. The number of likely N-dealkylation sites (tertiary alicyclic amines) is 2. The van der Waals surface area contributed by atoms with E-state index in [2.05, 4.69) is 62.9 Å². The fourth-order valence-corrected chi connectivity index (χ4v) is 7.92. The van der Waals surface area contributed by atoms with Crippen molar-refractivity contribution in [3.05, 3.63) is 58.4 Å². The molecule has 1 saturated carbocycles. The van der Waals surface area contributed by atoms with Crippen molar-refractivity contribution >= 4 is 40.2 Å². The minimum Gasteiger partial charge on any atom is -0.338 e. The molecule has 3 amide bonds. The minimum absolute atomic E-state index is 0.0345. The molecule has 1 aromatic heterocycles. The molecule has 3 fully saturated rings. The van der Waals surface area contributed by atoms with Gasteiger partial charge < -0.3 is 15.1 Å². The van der Waals surface area contributed by atoms with Crippen LogP contribution in [0.1, 0.15) is 71.3 Å². The number of rotatable bonds is 9. The molecule has 2 aromatic rings. The maximum atomic E-state index is 13.5. The molecule has 0 radical (unpaired) electrons. The number of carbonyl (C=O) groups excluding carboxylic acids is 2. The second-order valence-electron chi connectivity index (χ2n) is 12.5. The van der Waals surface area contributed by atoms with Crippen LogP contribution in [0.5, 0.6) is 0 Å². The number of aromatic nitrogens is 1. The molecule has 41 heavy (non-hydrogen) atoms. The molecule has 0 spiro atoms. The van der Waals surface area contributed by atoms with Crippen molar-refractivity contribution in [2.75, 3.05) is 50.7 Å². The Labute approximate surface area is 259 Å². The lowest BCUT2D eigenvalue weighted by Gasteiger charge is -2.28. The zero-order chi connectivity index (χ0) is 28.9. The van der Waals surface area contributed by atoms with E-state index < -0.39 is 0 Å². The van der Waals surface area contributed by atoms with Gasteiger partial charge in [0.1, 0.15) is 0 Å². The third-order valence-electron chi connectivity index (χ3n) is 9.57. The van der Waals surface area contributed by atoms with Gasteiger partial charge in [-0.15, -0.1) is 0 Å². The summed E-state index contributed by atoms with van der Waals surface area (Å²) in [6.07, 6.45) is 9.06. The molecule has 0 bridgehead atoms. The number of aryl methyl sites for hydroxylation is 3. The first kappa shape index (κ1) is 30.3. The third-order valence-corrected chi connectivity index (χ3v) is 10.4. The van der Waals surface area contributed by atoms with Crippen molar-refractivity contribution in [2.45, 2.75) is 63.7 Å². The second kappa shape index (κ2) is 13.8. The van der Waals surface area contributed by atoms with Crippen molar-refractivity contribution in [1.29, 1.82) is 0 Å². The molecule has 222 valence electrons. The van der Waals surface area contributed by atoms with E-state index in [0.717, 1.165) is 72.6 Å². The first-order chi connectivity index (χ1) is 19.8. The van der Waals surface area contributed by atoms with Crippen LogP contribution in [0.2, 0.25) is 0 Å². The maximum Gasteiger partial charge on any atom is 0.321 e. The number of halogens is 1. The predicted octanol–water partition coefficient (Wildman–Crippen LogP) is 6.13. The lowest BCUT2D eigenvalue weighted by atomic mass is 9.89. The van der Waals surface area contributed by atoms with Crippen LogP contribution in [0, 0.1) is 38.5 Å². The SMILES string of the molecule is Cc1ccc(N(CCCN2CC3CN(C(=O)c4c(C)ccnc4C)CC3C2)C(=O)NCC2CCCCC2)cc1CI. The predicted molar refractivity (Wildman–Crippen MR) is 174 cm³/mol. The number of alkyl halides is 1. The number of nitrogens with one attached hydrogen (secondary N) is 1. The number of urea groups is 1. The van der Waals surface area contributed by atoms with Crippen LogP contribution in [-0.2, 0) is 4.43 Å². The highest BCUT2D eigenvalue weighted by Gasteiger charge is 2.42. The molecule has 1 N–H and O–H groups in total. The van der Waals surface area contributed by atoms with Crippen LogP contribution >= 0.6 is 22.6 Å². The first-order valence-corrected chi connectivity index (χ1v) is 17.0. The summed E-state index contributed by atoms with van der Waals surface area (Å²) in [5.74, 6) is 1.79. The summed E-state index contributed by atoms with van der Waals surface area (Å²) in [4.78, 5) is 37.7. The molecular weight excluding hydrogens is 625 g/mol. The van der Waals surface area contributed by atoms with Gasteiger partial charge in [0, 0.05) is 55.6 Å². The molecule has 2 atom stereocenters. The Morgan fingerprint density at radius 2 is 1.73 bits per heavy atom. The fraction of sp³-hybridized carbons (Fsp3) is 0.606. The average Bonchev–Trinajstić information content (AvgIpc) is 3.54. The lowest BCUT2D eigenvalue weighted by Crippen LogP contribution is -2.43. The minimum atomic E-state index is 0.0345. The number of fused-ring (bicyclic) bond motifs is 1. The van der Waals surface area contributed by atoms with Crippen molar-refractivity contribution in [1.82, 2.24) is 20.1 Å². The Balaban J connectivity index is 1.15. The van der Waals surface area contributed by atoms with E-state index in [1.165, 1.54) is 43.2 Å². The van der Waals surface area contributed by atoms with E-state index in [9.17, 15) is 9.59 Å². The monoisotopic (exact) mass is 671 g/mol. The molecule has 1 aromatic carbocycles. The number of amides is 3. The van der Waals surface area contributed by atoms with E-state index in [-0.39, 0.29) is 11.9 Å². The van der Waals surface area contributed by atoms with Crippen LogP contribution in [0.15, 0.2) is 30.5 Å². The van der Waals surface area contributed by atoms with E-state index in [1.807, 2.05) is 29.7 Å². The van der Waals surface area contributed by atoms with Crippen LogP contribution in [0.3, 0.4) is 0 Å². The van der Waals surface area contributed by atoms with Gasteiger partial charge in [-0.3, -0.25) is 14.7 Å². The van der Waals surface area contributed by atoms with Crippen molar-refractivity contribution in [3.8, 4) is 0 Å². The molecule has 5 rings (SSSR count). The summed E-state index contributed by atoms with van der Waals surface area (Å²) in [5, 5.41) is 3.28. The summed E-state index contributed by atoms with van der Waals surface area (Å²) in [7, 11) is 0. The number of pyridine rings is 1. The van der Waals surface area contributed by atoms with Crippen LogP contribution in [0.25, 0.3) is 0 Å². The van der Waals surface area contributed by atoms with Gasteiger partial charge in [0.05, 0.1) is 11.3 Å². The maximum absolute atomic E-state index is 13.5. The number of hydrogen-bond donors (Lipinski definition) is 1. The smallest absolute Gasteiger partial charge is 0.321 e. The summed E-state index contributed by atoms with van der Waals surface area (Å²) in [6.45, 7) is 12.2. The molecule has 3 heterocycles. The Bertz CT molecular complexity index is 1200. The van der Waals surface area contributed by atoms with Gasteiger partial charge in [-0.1, -0.05) is 47.9 Å². The number of hydrogen-bond acceptors (Lipinski definition) is 4. The van der Waals surface area contributed by atoms with E-state index in [0.29, 0.717) is 24.3 Å². The van der Waals surface area contributed by atoms with E-state index in [1.54, 1.807) is 6.20 Å². The Hall–Kier alpha value is -2.20. The quantitative estimate of drug-likeness (QED) is 0.257. The van der Waals surface area contributed by atoms with Gasteiger partial charge in [0.15, 0.2) is 0 Å². The number of carbonyl (C=O) groups is 2. The van der Waals surface area contributed by atoms with Crippen molar-refractivity contribution < 1.29 is 9.59 Å². The molecule has 8 heteroatoms. The highest BCUT2D eigenvalue weighted by molar-refractivity contribution is 14.1. The van der Waals surface area contributed by atoms with Gasteiger partial charge in [-0.05, 0) is 99.2 Å². The van der Waals surface area contributed by atoms with Gasteiger partial charge in [0.25, 0.3) is 5.91 Å². The van der Waals surface area contributed by atoms with Crippen LogP contribution in [-0.4, -0.2) is 72.5 Å². The van der Waals surface area contributed by atoms with Gasteiger partial charge in [-0.2, -0.15) is 0 Å². The Kier molecular flexibility index (Phi) is 10.2. The summed E-state index contributed by atoms with van der Waals surface area (Å²) >= 11 is 2.41. The van der Waals surface area contributed by atoms with Gasteiger partial charge >= 0.3 is 6.03 Å². The lowest BCUT2D eigenvalue weighted by molar-refractivity contribution is 0.0772. The summed E-state index contributed by atoms with van der Waals surface area (Å²) < 4.78 is 0.935. The van der Waals surface area contributed by atoms with Crippen molar-refractivity contribution in [3.63, 3.8) is 0 Å². The van der Waals surface area contributed by atoms with Crippen LogP contribution < -0.4 is 10.2 Å². The normalized spacial score (nSPS) is 21.2. The van der Waals surface area contributed by atoms with E-state index >= 15 is 0 Å². The molecule has 2 saturated heterocycles. The zero-order valence-corrected chi connectivity index (χ0v) is 27.2. The number of benzene rings is 1. The first-order valence-electron chi connectivity index (χ1n) is 15.5. The second-order valence-corrected chi connectivity index (χ2v) is 13.3. The number of anilines is 1. The Morgan fingerprint density at radius 3 is 2.41 bits per heavy atom.